The minimum Gasteiger partial charge on any atom is -0.454 e. The van der Waals surface area contributed by atoms with Crippen molar-refractivity contribution in [2.75, 3.05) is 12.1 Å². The Morgan fingerprint density at radius 3 is 2.92 bits per heavy atom. The van der Waals surface area contributed by atoms with Crippen molar-refractivity contribution in [2.24, 2.45) is 0 Å². The molecule has 25 heavy (non-hydrogen) atoms. The molecule has 0 fully saturated rings. The average molecular weight is 330 g/mol. The molecule has 6 heteroatoms. The summed E-state index contributed by atoms with van der Waals surface area (Å²) >= 11 is 0. The molecule has 5 rings (SSSR count). The van der Waals surface area contributed by atoms with E-state index in [2.05, 4.69) is 26.3 Å². The third-order valence-corrected chi connectivity index (χ3v) is 4.15. The number of aromatic amines is 1. The van der Waals surface area contributed by atoms with Crippen LogP contribution in [0.1, 0.15) is 0 Å². The lowest BCUT2D eigenvalue weighted by Gasteiger charge is -2.07. The predicted molar refractivity (Wildman–Crippen MR) is 95.2 cm³/mol. The van der Waals surface area contributed by atoms with E-state index >= 15 is 0 Å². The molecule has 3 heterocycles. The minimum absolute atomic E-state index is 0.255. The first-order chi connectivity index (χ1) is 12.4. The monoisotopic (exact) mass is 330 g/mol. The highest BCUT2D eigenvalue weighted by atomic mass is 16.7. The van der Waals surface area contributed by atoms with Gasteiger partial charge in [-0.15, -0.1) is 0 Å². The lowest BCUT2D eigenvalue weighted by Crippen LogP contribution is -1.97. The first-order valence-electron chi connectivity index (χ1n) is 7.93. The van der Waals surface area contributed by atoms with Crippen molar-refractivity contribution in [1.29, 1.82) is 0 Å². The number of rotatable bonds is 3. The summed E-state index contributed by atoms with van der Waals surface area (Å²) in [4.78, 5) is 12.2. The van der Waals surface area contributed by atoms with E-state index in [0.717, 1.165) is 39.3 Å². The second-order valence-electron chi connectivity index (χ2n) is 5.71. The number of ether oxygens (including phenoxy) is 2. The van der Waals surface area contributed by atoms with Crippen LogP contribution in [-0.2, 0) is 0 Å². The second-order valence-corrected chi connectivity index (χ2v) is 5.71. The van der Waals surface area contributed by atoms with Crippen LogP contribution in [0.2, 0.25) is 0 Å². The SMILES string of the molecule is c1ccc2c(-c3ccnc(Nc4ccc5c(c4)OCO5)n3)c[nH]c2c1. The molecule has 0 spiro atoms. The number of H-pyrrole nitrogens is 1. The molecule has 2 N–H and O–H groups in total. The molecule has 2 aromatic heterocycles. The van der Waals surface area contributed by atoms with Gasteiger partial charge in [-0.3, -0.25) is 0 Å². The van der Waals surface area contributed by atoms with Gasteiger partial charge in [-0.1, -0.05) is 18.2 Å². The summed E-state index contributed by atoms with van der Waals surface area (Å²) in [6.45, 7) is 0.255. The zero-order valence-electron chi connectivity index (χ0n) is 13.2. The van der Waals surface area contributed by atoms with Gasteiger partial charge in [0.15, 0.2) is 11.5 Å². The molecule has 0 saturated carbocycles. The Labute approximate surface area is 143 Å². The molecule has 0 unspecified atom stereocenters. The van der Waals surface area contributed by atoms with Gasteiger partial charge in [0, 0.05) is 40.6 Å². The Hall–Kier alpha value is -3.54. The van der Waals surface area contributed by atoms with Crippen molar-refractivity contribution in [3.63, 3.8) is 0 Å². The maximum absolute atomic E-state index is 5.40. The van der Waals surface area contributed by atoms with E-state index in [-0.39, 0.29) is 6.79 Å². The summed E-state index contributed by atoms with van der Waals surface area (Å²) in [6.07, 6.45) is 3.72. The van der Waals surface area contributed by atoms with Crippen molar-refractivity contribution < 1.29 is 9.47 Å². The molecule has 1 aliphatic rings. The number of anilines is 2. The first kappa shape index (κ1) is 13.9. The predicted octanol–water partition coefficient (Wildman–Crippen LogP) is 4.10. The fourth-order valence-electron chi connectivity index (χ4n) is 2.96. The molecule has 0 atom stereocenters. The minimum atomic E-state index is 0.255. The van der Waals surface area contributed by atoms with Crippen molar-refractivity contribution in [3.8, 4) is 22.8 Å². The van der Waals surface area contributed by atoms with E-state index in [9.17, 15) is 0 Å². The molecule has 122 valence electrons. The summed E-state index contributed by atoms with van der Waals surface area (Å²) in [5.74, 6) is 2.00. The Morgan fingerprint density at radius 1 is 1.00 bits per heavy atom. The highest BCUT2D eigenvalue weighted by Crippen LogP contribution is 2.35. The van der Waals surface area contributed by atoms with E-state index in [1.807, 2.05) is 48.7 Å². The van der Waals surface area contributed by atoms with Crippen LogP contribution in [0.3, 0.4) is 0 Å². The number of nitrogens with zero attached hydrogens (tertiary/aromatic N) is 2. The van der Waals surface area contributed by atoms with E-state index in [1.54, 1.807) is 6.20 Å². The van der Waals surface area contributed by atoms with Gasteiger partial charge in [-0.2, -0.15) is 0 Å². The third-order valence-electron chi connectivity index (χ3n) is 4.15. The number of hydrogen-bond donors (Lipinski definition) is 2. The molecule has 2 aromatic carbocycles. The highest BCUT2D eigenvalue weighted by molar-refractivity contribution is 5.94. The van der Waals surface area contributed by atoms with Gasteiger partial charge in [0.05, 0.1) is 5.69 Å². The zero-order chi connectivity index (χ0) is 16.6. The number of fused-ring (bicyclic) bond motifs is 2. The van der Waals surface area contributed by atoms with Crippen molar-refractivity contribution in [3.05, 3.63) is 60.9 Å². The Morgan fingerprint density at radius 2 is 1.92 bits per heavy atom. The number of benzene rings is 2. The van der Waals surface area contributed by atoms with Gasteiger partial charge in [0.2, 0.25) is 12.7 Å². The normalized spacial score (nSPS) is 12.5. The van der Waals surface area contributed by atoms with E-state index in [4.69, 9.17) is 9.47 Å². The summed E-state index contributed by atoms with van der Waals surface area (Å²) in [5, 5.41) is 4.35. The molecule has 0 bridgehead atoms. The van der Waals surface area contributed by atoms with E-state index in [1.165, 1.54) is 0 Å². The molecule has 1 aliphatic heterocycles. The van der Waals surface area contributed by atoms with Gasteiger partial charge < -0.3 is 19.8 Å². The second kappa shape index (κ2) is 5.52. The smallest absolute Gasteiger partial charge is 0.231 e. The summed E-state index contributed by atoms with van der Waals surface area (Å²) < 4.78 is 10.7. The van der Waals surface area contributed by atoms with Crippen LogP contribution in [0.15, 0.2) is 60.9 Å². The zero-order valence-corrected chi connectivity index (χ0v) is 13.2. The van der Waals surface area contributed by atoms with Crippen LogP contribution >= 0.6 is 0 Å². The van der Waals surface area contributed by atoms with Crippen LogP contribution in [0, 0.1) is 0 Å². The van der Waals surface area contributed by atoms with Gasteiger partial charge >= 0.3 is 0 Å². The average Bonchev–Trinajstić information content (AvgIpc) is 3.28. The van der Waals surface area contributed by atoms with Crippen LogP contribution in [0.5, 0.6) is 11.5 Å². The number of nitrogens with one attached hydrogen (secondary N) is 2. The van der Waals surface area contributed by atoms with Gasteiger partial charge in [0.25, 0.3) is 0 Å². The first-order valence-corrected chi connectivity index (χ1v) is 7.93. The Bertz CT molecular complexity index is 1070. The Kier molecular flexibility index (Phi) is 3.06. The van der Waals surface area contributed by atoms with Crippen molar-refractivity contribution in [2.45, 2.75) is 0 Å². The lowest BCUT2D eigenvalue weighted by molar-refractivity contribution is 0.174. The van der Waals surface area contributed by atoms with Crippen LogP contribution in [0.4, 0.5) is 11.6 Å². The molecular weight excluding hydrogens is 316 g/mol. The molecule has 0 radical (unpaired) electrons. The van der Waals surface area contributed by atoms with E-state index in [0.29, 0.717) is 5.95 Å². The number of aromatic nitrogens is 3. The van der Waals surface area contributed by atoms with Crippen LogP contribution in [-0.4, -0.2) is 21.7 Å². The summed E-state index contributed by atoms with van der Waals surface area (Å²) in [7, 11) is 0. The number of para-hydroxylation sites is 1. The molecule has 4 aromatic rings. The summed E-state index contributed by atoms with van der Waals surface area (Å²) in [5.41, 5.74) is 3.84. The fourth-order valence-corrected chi connectivity index (χ4v) is 2.96. The van der Waals surface area contributed by atoms with Gasteiger partial charge in [0.1, 0.15) is 0 Å². The maximum Gasteiger partial charge on any atom is 0.231 e. The molecule has 0 aliphatic carbocycles. The molecule has 0 saturated heterocycles. The number of hydrogen-bond acceptors (Lipinski definition) is 5. The van der Waals surface area contributed by atoms with E-state index < -0.39 is 0 Å². The standard InChI is InChI=1S/C19H14N4O2/c1-2-4-15-13(3-1)14(10-21-15)16-7-8-20-19(23-16)22-12-5-6-17-18(9-12)25-11-24-17/h1-10,21H,11H2,(H,20,22,23). The summed E-state index contributed by atoms with van der Waals surface area (Å²) in [6, 6.07) is 15.7. The third kappa shape index (κ3) is 2.44. The topological polar surface area (TPSA) is 72.1 Å². The van der Waals surface area contributed by atoms with Gasteiger partial charge in [-0.05, 0) is 24.3 Å². The Balaban J connectivity index is 1.49. The highest BCUT2D eigenvalue weighted by Gasteiger charge is 2.14. The molecular formula is C19H14N4O2. The van der Waals surface area contributed by atoms with Crippen molar-refractivity contribution >= 4 is 22.5 Å². The van der Waals surface area contributed by atoms with Gasteiger partial charge in [-0.25, -0.2) is 9.97 Å². The molecule has 0 amide bonds. The largest absolute Gasteiger partial charge is 0.454 e. The fraction of sp³-hybridized carbons (Fsp3) is 0.0526. The lowest BCUT2D eigenvalue weighted by atomic mass is 10.1. The van der Waals surface area contributed by atoms with Crippen molar-refractivity contribution in [1.82, 2.24) is 15.0 Å². The quantitative estimate of drug-likeness (QED) is 0.592. The maximum atomic E-state index is 5.40. The van der Waals surface area contributed by atoms with Crippen LogP contribution in [0.25, 0.3) is 22.2 Å². The molecule has 6 nitrogen and oxygen atoms in total. The van der Waals surface area contributed by atoms with Crippen LogP contribution < -0.4 is 14.8 Å².